The van der Waals surface area contributed by atoms with E-state index >= 15 is 0 Å². The molecule has 0 spiro atoms. The van der Waals surface area contributed by atoms with Gasteiger partial charge in [0.25, 0.3) is 0 Å². The molecule has 1 rings (SSSR count). The fourth-order valence-corrected chi connectivity index (χ4v) is 2.23. The standard InChI is InChI=1S/C13H24N2/c1-4-7-13(6-3)15-10-8-12(11-15)14-9-5-2/h3,12-14H,4-5,7-11H2,1-2H3. The molecule has 1 fully saturated rings. The highest BCUT2D eigenvalue weighted by atomic mass is 15.2. The monoisotopic (exact) mass is 208 g/mol. The molecular weight excluding hydrogens is 184 g/mol. The Morgan fingerprint density at radius 2 is 2.27 bits per heavy atom. The average Bonchev–Trinajstić information content (AvgIpc) is 2.71. The first-order valence-electron chi connectivity index (χ1n) is 6.25. The summed E-state index contributed by atoms with van der Waals surface area (Å²) in [5.41, 5.74) is 0. The van der Waals surface area contributed by atoms with Gasteiger partial charge in [-0.1, -0.05) is 26.2 Å². The lowest BCUT2D eigenvalue weighted by Gasteiger charge is -2.23. The zero-order valence-electron chi connectivity index (χ0n) is 10.1. The molecule has 2 unspecified atom stereocenters. The summed E-state index contributed by atoms with van der Waals surface area (Å²) in [6, 6.07) is 1.03. The Kier molecular flexibility index (Phi) is 5.75. The summed E-state index contributed by atoms with van der Waals surface area (Å²) in [6.07, 6.45) is 10.4. The van der Waals surface area contributed by atoms with E-state index in [2.05, 4.69) is 30.0 Å². The Bertz CT molecular complexity index is 207. The van der Waals surface area contributed by atoms with E-state index in [0.29, 0.717) is 12.1 Å². The smallest absolute Gasteiger partial charge is 0.0712 e. The van der Waals surface area contributed by atoms with Gasteiger partial charge in [-0.3, -0.25) is 4.90 Å². The predicted molar refractivity (Wildman–Crippen MR) is 65.8 cm³/mol. The van der Waals surface area contributed by atoms with Crippen molar-refractivity contribution in [2.75, 3.05) is 19.6 Å². The number of hydrogen-bond acceptors (Lipinski definition) is 2. The molecule has 0 aliphatic carbocycles. The number of nitrogens with one attached hydrogen (secondary N) is 1. The van der Waals surface area contributed by atoms with Gasteiger partial charge in [0.05, 0.1) is 6.04 Å². The Labute approximate surface area is 94.4 Å². The molecule has 1 aliphatic heterocycles. The Morgan fingerprint density at radius 1 is 1.47 bits per heavy atom. The number of likely N-dealkylation sites (tertiary alicyclic amines) is 1. The second kappa shape index (κ2) is 6.87. The second-order valence-corrected chi connectivity index (χ2v) is 4.41. The van der Waals surface area contributed by atoms with Crippen molar-refractivity contribution < 1.29 is 0 Å². The van der Waals surface area contributed by atoms with Gasteiger partial charge in [0.2, 0.25) is 0 Å². The molecule has 1 N–H and O–H groups in total. The highest BCUT2D eigenvalue weighted by molar-refractivity contribution is 5.02. The molecule has 86 valence electrons. The van der Waals surface area contributed by atoms with Gasteiger partial charge in [0.15, 0.2) is 0 Å². The van der Waals surface area contributed by atoms with E-state index in [0.717, 1.165) is 26.1 Å². The van der Waals surface area contributed by atoms with Crippen LogP contribution in [0.5, 0.6) is 0 Å². The zero-order chi connectivity index (χ0) is 11.1. The molecule has 0 amide bonds. The Hall–Kier alpha value is -0.520. The lowest BCUT2D eigenvalue weighted by atomic mass is 10.1. The molecule has 15 heavy (non-hydrogen) atoms. The number of rotatable bonds is 6. The third kappa shape index (κ3) is 3.85. The molecule has 0 saturated carbocycles. The summed E-state index contributed by atoms with van der Waals surface area (Å²) in [5.74, 6) is 2.92. The third-order valence-corrected chi connectivity index (χ3v) is 3.10. The van der Waals surface area contributed by atoms with E-state index in [1.54, 1.807) is 0 Å². The van der Waals surface area contributed by atoms with E-state index in [1.807, 2.05) is 0 Å². The third-order valence-electron chi connectivity index (χ3n) is 3.10. The first kappa shape index (κ1) is 12.5. The normalized spacial score (nSPS) is 23.9. The van der Waals surface area contributed by atoms with Crippen LogP contribution in [0.25, 0.3) is 0 Å². The molecule has 2 atom stereocenters. The molecule has 0 aromatic carbocycles. The molecule has 1 heterocycles. The van der Waals surface area contributed by atoms with E-state index in [4.69, 9.17) is 6.42 Å². The van der Waals surface area contributed by atoms with E-state index < -0.39 is 0 Å². The van der Waals surface area contributed by atoms with Crippen molar-refractivity contribution >= 4 is 0 Å². The van der Waals surface area contributed by atoms with Crippen molar-refractivity contribution in [3.63, 3.8) is 0 Å². The van der Waals surface area contributed by atoms with Gasteiger partial charge in [0, 0.05) is 19.1 Å². The van der Waals surface area contributed by atoms with Gasteiger partial charge < -0.3 is 5.32 Å². The molecule has 0 aromatic heterocycles. The molecular formula is C13H24N2. The topological polar surface area (TPSA) is 15.3 Å². The second-order valence-electron chi connectivity index (χ2n) is 4.41. The molecule has 2 heteroatoms. The van der Waals surface area contributed by atoms with Gasteiger partial charge in [-0.2, -0.15) is 0 Å². The SMILES string of the molecule is C#CC(CCC)N1CCC(NCCC)C1. The van der Waals surface area contributed by atoms with Crippen LogP contribution in [-0.2, 0) is 0 Å². The minimum absolute atomic E-state index is 0.364. The summed E-state index contributed by atoms with van der Waals surface area (Å²) >= 11 is 0. The largest absolute Gasteiger partial charge is 0.313 e. The minimum Gasteiger partial charge on any atom is -0.313 e. The highest BCUT2D eigenvalue weighted by Crippen LogP contribution is 2.15. The lowest BCUT2D eigenvalue weighted by molar-refractivity contribution is 0.271. The molecule has 2 nitrogen and oxygen atoms in total. The Morgan fingerprint density at radius 3 is 2.87 bits per heavy atom. The zero-order valence-corrected chi connectivity index (χ0v) is 10.1. The summed E-state index contributed by atoms with van der Waals surface area (Å²) in [5, 5.41) is 3.57. The van der Waals surface area contributed by atoms with Crippen LogP contribution in [0.1, 0.15) is 39.5 Å². The van der Waals surface area contributed by atoms with Crippen molar-refractivity contribution in [1.29, 1.82) is 0 Å². The average molecular weight is 208 g/mol. The van der Waals surface area contributed by atoms with Crippen molar-refractivity contribution in [3.8, 4) is 12.3 Å². The maximum Gasteiger partial charge on any atom is 0.0712 e. The van der Waals surface area contributed by atoms with Gasteiger partial charge in [-0.15, -0.1) is 6.42 Å². The van der Waals surface area contributed by atoms with Crippen LogP contribution in [0, 0.1) is 12.3 Å². The minimum atomic E-state index is 0.364. The van der Waals surface area contributed by atoms with Gasteiger partial charge in [-0.25, -0.2) is 0 Å². The maximum absolute atomic E-state index is 5.57. The molecule has 1 aliphatic rings. The molecule has 0 aromatic rings. The molecule has 1 saturated heterocycles. The van der Waals surface area contributed by atoms with Crippen LogP contribution in [-0.4, -0.2) is 36.6 Å². The van der Waals surface area contributed by atoms with Crippen LogP contribution in [0.4, 0.5) is 0 Å². The first-order valence-corrected chi connectivity index (χ1v) is 6.25. The fraction of sp³-hybridized carbons (Fsp3) is 0.846. The summed E-state index contributed by atoms with van der Waals surface area (Å²) in [4.78, 5) is 2.46. The number of terminal acetylenes is 1. The van der Waals surface area contributed by atoms with Crippen molar-refractivity contribution in [3.05, 3.63) is 0 Å². The van der Waals surface area contributed by atoms with E-state index in [9.17, 15) is 0 Å². The summed E-state index contributed by atoms with van der Waals surface area (Å²) in [6.45, 7) is 7.84. The van der Waals surface area contributed by atoms with Crippen molar-refractivity contribution in [2.24, 2.45) is 0 Å². The van der Waals surface area contributed by atoms with Gasteiger partial charge in [0.1, 0.15) is 0 Å². The molecule has 0 radical (unpaired) electrons. The van der Waals surface area contributed by atoms with Crippen LogP contribution < -0.4 is 5.32 Å². The fourth-order valence-electron chi connectivity index (χ4n) is 2.23. The van der Waals surface area contributed by atoms with Gasteiger partial charge in [-0.05, 0) is 25.8 Å². The van der Waals surface area contributed by atoms with E-state index in [-0.39, 0.29) is 0 Å². The van der Waals surface area contributed by atoms with Crippen molar-refractivity contribution in [2.45, 2.75) is 51.6 Å². The first-order chi connectivity index (χ1) is 7.31. The highest BCUT2D eigenvalue weighted by Gasteiger charge is 2.25. The predicted octanol–water partition coefficient (Wildman–Crippen LogP) is 1.86. The van der Waals surface area contributed by atoms with E-state index in [1.165, 1.54) is 19.3 Å². The van der Waals surface area contributed by atoms with Crippen LogP contribution in [0.2, 0.25) is 0 Å². The quantitative estimate of drug-likeness (QED) is 0.670. The molecule has 0 bridgehead atoms. The Balaban J connectivity index is 2.31. The summed E-state index contributed by atoms with van der Waals surface area (Å²) in [7, 11) is 0. The maximum atomic E-state index is 5.57. The lowest BCUT2D eigenvalue weighted by Crippen LogP contribution is -2.37. The van der Waals surface area contributed by atoms with Crippen molar-refractivity contribution in [1.82, 2.24) is 10.2 Å². The van der Waals surface area contributed by atoms with Gasteiger partial charge >= 0.3 is 0 Å². The number of hydrogen-bond donors (Lipinski definition) is 1. The number of nitrogens with zero attached hydrogens (tertiary/aromatic N) is 1. The van der Waals surface area contributed by atoms with Crippen LogP contribution in [0.3, 0.4) is 0 Å². The van der Waals surface area contributed by atoms with Crippen LogP contribution in [0.15, 0.2) is 0 Å². The summed E-state index contributed by atoms with van der Waals surface area (Å²) < 4.78 is 0. The van der Waals surface area contributed by atoms with Crippen LogP contribution >= 0.6 is 0 Å².